The van der Waals surface area contributed by atoms with Gasteiger partial charge in [-0.3, -0.25) is 4.72 Å². The van der Waals surface area contributed by atoms with E-state index in [0.717, 1.165) is 11.3 Å². The van der Waals surface area contributed by atoms with Gasteiger partial charge < -0.3 is 4.74 Å². The van der Waals surface area contributed by atoms with Crippen molar-refractivity contribution in [2.24, 2.45) is 0 Å². The van der Waals surface area contributed by atoms with Gasteiger partial charge in [0, 0.05) is 10.9 Å². The molecule has 1 aromatic heterocycles. The van der Waals surface area contributed by atoms with E-state index in [1.165, 1.54) is 30.6 Å². The van der Waals surface area contributed by atoms with Crippen molar-refractivity contribution in [2.45, 2.75) is 4.90 Å². The van der Waals surface area contributed by atoms with Gasteiger partial charge in [-0.05, 0) is 24.3 Å². The molecule has 0 saturated carbocycles. The van der Waals surface area contributed by atoms with E-state index in [0.29, 0.717) is 10.9 Å². The monoisotopic (exact) mass is 346 g/mol. The molecule has 0 fully saturated rings. The molecular formula is C16H14N2O3S2. The van der Waals surface area contributed by atoms with Gasteiger partial charge in [-0.1, -0.05) is 30.3 Å². The first kappa shape index (κ1) is 15.5. The summed E-state index contributed by atoms with van der Waals surface area (Å²) in [5.41, 5.74) is 1.68. The Balaban J connectivity index is 1.82. The minimum absolute atomic E-state index is 0.162. The van der Waals surface area contributed by atoms with E-state index in [-0.39, 0.29) is 4.90 Å². The first-order chi connectivity index (χ1) is 11.1. The van der Waals surface area contributed by atoms with Crippen LogP contribution in [-0.2, 0) is 10.0 Å². The molecule has 0 aliphatic rings. The Morgan fingerprint density at radius 3 is 2.39 bits per heavy atom. The molecule has 0 amide bonds. The minimum Gasteiger partial charge on any atom is -0.497 e. The predicted octanol–water partition coefficient (Wildman–Crippen LogP) is 3.62. The van der Waals surface area contributed by atoms with Gasteiger partial charge in [0.2, 0.25) is 0 Å². The number of nitrogens with zero attached hydrogens (tertiary/aromatic N) is 1. The van der Waals surface area contributed by atoms with E-state index in [4.69, 9.17) is 4.74 Å². The van der Waals surface area contributed by atoms with Gasteiger partial charge >= 0.3 is 0 Å². The summed E-state index contributed by atoms with van der Waals surface area (Å²) in [7, 11) is -2.13. The van der Waals surface area contributed by atoms with E-state index >= 15 is 0 Å². The van der Waals surface area contributed by atoms with Crippen molar-refractivity contribution >= 4 is 26.5 Å². The van der Waals surface area contributed by atoms with Crippen molar-refractivity contribution in [1.29, 1.82) is 0 Å². The van der Waals surface area contributed by atoms with E-state index in [1.54, 1.807) is 12.1 Å². The first-order valence-corrected chi connectivity index (χ1v) is 9.12. The number of anilines is 1. The quantitative estimate of drug-likeness (QED) is 0.766. The van der Waals surface area contributed by atoms with Gasteiger partial charge in [0.1, 0.15) is 5.75 Å². The lowest BCUT2D eigenvalue weighted by Crippen LogP contribution is -2.12. The molecule has 3 rings (SSSR count). The van der Waals surface area contributed by atoms with Crippen LogP contribution in [0.3, 0.4) is 0 Å². The summed E-state index contributed by atoms with van der Waals surface area (Å²) < 4.78 is 32.3. The predicted molar refractivity (Wildman–Crippen MR) is 91.4 cm³/mol. The van der Waals surface area contributed by atoms with Crippen LogP contribution in [0.1, 0.15) is 0 Å². The van der Waals surface area contributed by atoms with E-state index < -0.39 is 10.0 Å². The molecule has 3 aromatic rings. The molecule has 0 aliphatic heterocycles. The highest BCUT2D eigenvalue weighted by Crippen LogP contribution is 2.26. The summed E-state index contributed by atoms with van der Waals surface area (Å²) in [5, 5.41) is 2.15. The van der Waals surface area contributed by atoms with Gasteiger partial charge in [0.25, 0.3) is 10.0 Å². The molecule has 23 heavy (non-hydrogen) atoms. The third-order valence-corrected chi connectivity index (χ3v) is 5.41. The summed E-state index contributed by atoms with van der Waals surface area (Å²) in [6.45, 7) is 0. The Kier molecular flexibility index (Phi) is 4.31. The number of hydrogen-bond donors (Lipinski definition) is 1. The fourth-order valence-electron chi connectivity index (χ4n) is 1.99. The highest BCUT2D eigenvalue weighted by atomic mass is 32.2. The van der Waals surface area contributed by atoms with Crippen LogP contribution in [0.5, 0.6) is 5.75 Å². The Labute approximate surface area is 138 Å². The summed E-state index contributed by atoms with van der Waals surface area (Å²) >= 11 is 1.25. The van der Waals surface area contributed by atoms with Crippen molar-refractivity contribution < 1.29 is 13.2 Å². The van der Waals surface area contributed by atoms with Gasteiger partial charge in [-0.2, -0.15) is 0 Å². The maximum absolute atomic E-state index is 12.4. The number of nitrogens with one attached hydrogen (secondary N) is 1. The Bertz CT molecular complexity index is 889. The maximum Gasteiger partial charge on any atom is 0.263 e. The lowest BCUT2D eigenvalue weighted by Gasteiger charge is -2.06. The molecule has 0 atom stereocenters. The number of aromatic nitrogens is 1. The van der Waals surface area contributed by atoms with Crippen LogP contribution in [-0.4, -0.2) is 20.5 Å². The highest BCUT2D eigenvalue weighted by molar-refractivity contribution is 7.93. The number of sulfonamides is 1. The first-order valence-electron chi connectivity index (χ1n) is 6.76. The standard InChI is InChI=1S/C16H14N2O3S2/c1-21-13-7-9-14(10-8-13)23(19,20)18-16-17-15(11-22-16)12-5-3-2-4-6-12/h2-11H,1H3,(H,17,18). The van der Waals surface area contributed by atoms with Crippen molar-refractivity contribution in [3.63, 3.8) is 0 Å². The van der Waals surface area contributed by atoms with E-state index in [2.05, 4.69) is 9.71 Å². The fourth-order valence-corrected chi connectivity index (χ4v) is 3.96. The number of benzene rings is 2. The summed E-state index contributed by atoms with van der Waals surface area (Å²) in [6.07, 6.45) is 0. The van der Waals surface area contributed by atoms with Gasteiger partial charge in [-0.15, -0.1) is 11.3 Å². The van der Waals surface area contributed by atoms with Crippen LogP contribution in [0.2, 0.25) is 0 Å². The van der Waals surface area contributed by atoms with Crippen LogP contribution in [0.15, 0.2) is 64.9 Å². The molecule has 0 spiro atoms. The largest absolute Gasteiger partial charge is 0.497 e. The van der Waals surface area contributed by atoms with Crippen molar-refractivity contribution in [1.82, 2.24) is 4.98 Å². The smallest absolute Gasteiger partial charge is 0.263 e. The molecule has 1 heterocycles. The number of hydrogen-bond acceptors (Lipinski definition) is 5. The van der Waals surface area contributed by atoms with E-state index in [1.807, 2.05) is 35.7 Å². The highest BCUT2D eigenvalue weighted by Gasteiger charge is 2.16. The lowest BCUT2D eigenvalue weighted by molar-refractivity contribution is 0.414. The van der Waals surface area contributed by atoms with Crippen molar-refractivity contribution in [3.05, 3.63) is 60.0 Å². The average molecular weight is 346 g/mol. The molecule has 0 radical (unpaired) electrons. The third kappa shape index (κ3) is 3.52. The van der Waals surface area contributed by atoms with Crippen LogP contribution in [0.25, 0.3) is 11.3 Å². The number of thiazole rings is 1. The molecule has 0 aliphatic carbocycles. The molecule has 0 saturated heterocycles. The zero-order valence-electron chi connectivity index (χ0n) is 12.3. The Morgan fingerprint density at radius 1 is 1.04 bits per heavy atom. The van der Waals surface area contributed by atoms with Gasteiger partial charge in [-0.25, -0.2) is 13.4 Å². The number of ether oxygens (including phenoxy) is 1. The average Bonchev–Trinajstić information content (AvgIpc) is 3.03. The molecule has 5 nitrogen and oxygen atoms in total. The third-order valence-electron chi connectivity index (χ3n) is 3.17. The van der Waals surface area contributed by atoms with Crippen LogP contribution < -0.4 is 9.46 Å². The SMILES string of the molecule is COc1ccc(S(=O)(=O)Nc2nc(-c3ccccc3)cs2)cc1. The molecular weight excluding hydrogens is 332 g/mol. The minimum atomic E-state index is -3.66. The summed E-state index contributed by atoms with van der Waals surface area (Å²) in [4.78, 5) is 4.49. The topological polar surface area (TPSA) is 68.3 Å². The molecule has 0 unspecified atom stereocenters. The van der Waals surface area contributed by atoms with Crippen LogP contribution >= 0.6 is 11.3 Å². The van der Waals surface area contributed by atoms with Crippen LogP contribution in [0.4, 0.5) is 5.13 Å². The van der Waals surface area contributed by atoms with Crippen molar-refractivity contribution in [2.75, 3.05) is 11.8 Å². The Hall–Kier alpha value is -2.38. The maximum atomic E-state index is 12.4. The van der Waals surface area contributed by atoms with Gasteiger partial charge in [0.05, 0.1) is 17.7 Å². The molecule has 7 heteroatoms. The molecule has 1 N–H and O–H groups in total. The second kappa shape index (κ2) is 6.39. The van der Waals surface area contributed by atoms with Crippen molar-refractivity contribution in [3.8, 4) is 17.0 Å². The Morgan fingerprint density at radius 2 is 1.74 bits per heavy atom. The summed E-state index contributed by atoms with van der Waals surface area (Å²) in [6, 6.07) is 15.8. The van der Waals surface area contributed by atoms with E-state index in [9.17, 15) is 8.42 Å². The number of rotatable bonds is 5. The molecule has 118 valence electrons. The lowest BCUT2D eigenvalue weighted by atomic mass is 10.2. The molecule has 2 aromatic carbocycles. The zero-order chi connectivity index (χ0) is 16.3. The normalized spacial score (nSPS) is 11.2. The summed E-state index contributed by atoms with van der Waals surface area (Å²) in [5.74, 6) is 0.601. The van der Waals surface area contributed by atoms with Crippen LogP contribution in [0, 0.1) is 0 Å². The zero-order valence-corrected chi connectivity index (χ0v) is 13.9. The second-order valence-electron chi connectivity index (χ2n) is 4.68. The second-order valence-corrected chi connectivity index (χ2v) is 7.23. The van der Waals surface area contributed by atoms with Gasteiger partial charge in [0.15, 0.2) is 5.13 Å². The molecule has 0 bridgehead atoms. The fraction of sp³-hybridized carbons (Fsp3) is 0.0625. The number of methoxy groups -OCH3 is 1.